The van der Waals surface area contributed by atoms with Crippen molar-refractivity contribution in [1.82, 2.24) is 4.98 Å². The van der Waals surface area contributed by atoms with Gasteiger partial charge in [-0.3, -0.25) is 0 Å². The summed E-state index contributed by atoms with van der Waals surface area (Å²) in [5, 5.41) is 0. The normalized spacial score (nSPS) is 12.7. The summed E-state index contributed by atoms with van der Waals surface area (Å²) in [6.45, 7) is 0. The average Bonchev–Trinajstić information content (AvgIpc) is 2.24. The Morgan fingerprint density at radius 3 is 2.00 bits per heavy atom. The second-order valence-corrected chi connectivity index (χ2v) is 3.28. The molecule has 0 N–H and O–H groups in total. The maximum absolute atomic E-state index is 12.6. The molecular formula is C9H5F8NO2. The molecular weight excluding hydrogens is 306 g/mol. The molecule has 0 saturated carbocycles. The molecule has 0 amide bonds. The highest BCUT2D eigenvalue weighted by Crippen LogP contribution is 2.41. The van der Waals surface area contributed by atoms with Gasteiger partial charge in [0.2, 0.25) is 0 Å². The average molecular weight is 311 g/mol. The Morgan fingerprint density at radius 1 is 1.10 bits per heavy atom. The number of aromatic nitrogens is 1. The Balaban J connectivity index is 3.49. The number of pyridine rings is 1. The number of ether oxygens (including phenoxy) is 2. The van der Waals surface area contributed by atoms with Gasteiger partial charge in [0.25, 0.3) is 12.3 Å². The third kappa shape index (κ3) is 3.84. The van der Waals surface area contributed by atoms with E-state index in [-0.39, 0.29) is 6.07 Å². The number of methoxy groups -OCH3 is 1. The molecule has 3 nitrogen and oxygen atoms in total. The monoisotopic (exact) mass is 311 g/mol. The van der Waals surface area contributed by atoms with Gasteiger partial charge in [0.1, 0.15) is 5.69 Å². The van der Waals surface area contributed by atoms with Gasteiger partial charge in [0.05, 0.1) is 12.7 Å². The van der Waals surface area contributed by atoms with Crippen molar-refractivity contribution in [3.8, 4) is 11.6 Å². The molecule has 0 bridgehead atoms. The molecule has 0 saturated heterocycles. The molecule has 1 aromatic heterocycles. The minimum Gasteiger partial charge on any atom is -0.491 e. The molecule has 0 atom stereocenters. The summed E-state index contributed by atoms with van der Waals surface area (Å²) in [6, 6.07) is -0.104. The van der Waals surface area contributed by atoms with Crippen molar-refractivity contribution >= 4 is 0 Å². The van der Waals surface area contributed by atoms with Crippen LogP contribution in [0.1, 0.15) is 17.7 Å². The van der Waals surface area contributed by atoms with E-state index < -0.39 is 41.9 Å². The molecule has 0 spiro atoms. The summed E-state index contributed by atoms with van der Waals surface area (Å²) in [6.07, 6.45) is -14.1. The third-order valence-electron chi connectivity index (χ3n) is 1.91. The Bertz CT molecular complexity index is 482. The minimum absolute atomic E-state index is 0.104. The lowest BCUT2D eigenvalue weighted by Gasteiger charge is -2.16. The van der Waals surface area contributed by atoms with E-state index in [1.807, 2.05) is 0 Å². The summed E-state index contributed by atoms with van der Waals surface area (Å²) in [4.78, 5) is 2.52. The van der Waals surface area contributed by atoms with Crippen LogP contribution in [0.5, 0.6) is 11.6 Å². The van der Waals surface area contributed by atoms with Gasteiger partial charge in [0.15, 0.2) is 5.75 Å². The molecule has 0 radical (unpaired) electrons. The van der Waals surface area contributed by atoms with E-state index in [1.54, 1.807) is 0 Å². The van der Waals surface area contributed by atoms with Gasteiger partial charge in [-0.1, -0.05) is 0 Å². The van der Waals surface area contributed by atoms with E-state index in [2.05, 4.69) is 14.5 Å². The van der Waals surface area contributed by atoms with Crippen LogP contribution in [0.25, 0.3) is 0 Å². The van der Waals surface area contributed by atoms with Gasteiger partial charge in [-0.15, -0.1) is 13.2 Å². The van der Waals surface area contributed by atoms with Crippen LogP contribution in [0.2, 0.25) is 0 Å². The SMILES string of the molecule is COc1c(C(F)F)cc(C(F)(F)F)nc1OC(F)(F)F. The Labute approximate surface area is 106 Å². The predicted molar refractivity (Wildman–Crippen MR) is 47.4 cm³/mol. The highest BCUT2D eigenvalue weighted by Gasteiger charge is 2.39. The lowest BCUT2D eigenvalue weighted by atomic mass is 10.2. The third-order valence-corrected chi connectivity index (χ3v) is 1.91. The van der Waals surface area contributed by atoms with Crippen LogP contribution in [-0.2, 0) is 6.18 Å². The Morgan fingerprint density at radius 2 is 1.65 bits per heavy atom. The maximum Gasteiger partial charge on any atom is 0.574 e. The van der Waals surface area contributed by atoms with E-state index >= 15 is 0 Å². The molecule has 20 heavy (non-hydrogen) atoms. The fraction of sp³-hybridized carbons (Fsp3) is 0.444. The van der Waals surface area contributed by atoms with Gasteiger partial charge >= 0.3 is 12.5 Å². The number of nitrogens with zero attached hydrogens (tertiary/aromatic N) is 1. The lowest BCUT2D eigenvalue weighted by molar-refractivity contribution is -0.277. The predicted octanol–water partition coefficient (Wildman–Crippen LogP) is 3.95. The van der Waals surface area contributed by atoms with E-state index in [1.165, 1.54) is 0 Å². The topological polar surface area (TPSA) is 31.4 Å². The fourth-order valence-corrected chi connectivity index (χ4v) is 1.22. The second kappa shape index (κ2) is 5.29. The van der Waals surface area contributed by atoms with E-state index in [0.29, 0.717) is 7.11 Å². The zero-order valence-corrected chi connectivity index (χ0v) is 9.44. The summed E-state index contributed by atoms with van der Waals surface area (Å²) >= 11 is 0. The van der Waals surface area contributed by atoms with Crippen LogP contribution < -0.4 is 9.47 Å². The summed E-state index contributed by atoms with van der Waals surface area (Å²) in [5.41, 5.74) is -3.36. The van der Waals surface area contributed by atoms with Crippen molar-refractivity contribution in [2.45, 2.75) is 19.0 Å². The maximum atomic E-state index is 12.6. The van der Waals surface area contributed by atoms with Crippen molar-refractivity contribution in [3.05, 3.63) is 17.3 Å². The van der Waals surface area contributed by atoms with Gasteiger partial charge in [-0.05, 0) is 6.07 Å². The lowest BCUT2D eigenvalue weighted by Crippen LogP contribution is -2.20. The van der Waals surface area contributed by atoms with Gasteiger partial charge in [-0.25, -0.2) is 13.8 Å². The first-order chi connectivity index (χ1) is 8.95. The minimum atomic E-state index is -5.41. The van der Waals surface area contributed by atoms with Crippen molar-refractivity contribution < 1.29 is 44.6 Å². The Hall–Kier alpha value is -1.81. The first-order valence-electron chi connectivity index (χ1n) is 4.65. The van der Waals surface area contributed by atoms with Crippen molar-refractivity contribution in [2.75, 3.05) is 7.11 Å². The molecule has 0 aliphatic heterocycles. The van der Waals surface area contributed by atoms with E-state index in [4.69, 9.17) is 0 Å². The number of halogens is 8. The van der Waals surface area contributed by atoms with Crippen LogP contribution in [-0.4, -0.2) is 18.5 Å². The smallest absolute Gasteiger partial charge is 0.491 e. The number of hydrogen-bond donors (Lipinski definition) is 0. The molecule has 11 heteroatoms. The second-order valence-electron chi connectivity index (χ2n) is 3.28. The largest absolute Gasteiger partial charge is 0.574 e. The molecule has 0 aliphatic rings. The van der Waals surface area contributed by atoms with Crippen molar-refractivity contribution in [2.24, 2.45) is 0 Å². The molecule has 0 aromatic carbocycles. The highest BCUT2D eigenvalue weighted by atomic mass is 19.4. The molecule has 0 aliphatic carbocycles. The van der Waals surface area contributed by atoms with Gasteiger partial charge in [0, 0.05) is 0 Å². The van der Waals surface area contributed by atoms with Crippen LogP contribution in [0, 0.1) is 0 Å². The van der Waals surface area contributed by atoms with Crippen molar-refractivity contribution in [1.29, 1.82) is 0 Å². The molecule has 0 unspecified atom stereocenters. The first kappa shape index (κ1) is 16.2. The number of rotatable bonds is 3. The molecule has 1 aromatic rings. The number of hydrogen-bond acceptors (Lipinski definition) is 3. The van der Waals surface area contributed by atoms with Crippen LogP contribution in [0.15, 0.2) is 6.07 Å². The summed E-state index contributed by atoms with van der Waals surface area (Å²) in [7, 11) is 0.694. The quantitative estimate of drug-likeness (QED) is 0.792. The zero-order valence-electron chi connectivity index (χ0n) is 9.44. The molecule has 1 rings (SSSR count). The Kier molecular flexibility index (Phi) is 4.30. The highest BCUT2D eigenvalue weighted by molar-refractivity contribution is 5.44. The molecule has 0 fully saturated rings. The van der Waals surface area contributed by atoms with Gasteiger partial charge < -0.3 is 9.47 Å². The van der Waals surface area contributed by atoms with Crippen LogP contribution in [0.3, 0.4) is 0 Å². The molecule has 1 heterocycles. The number of alkyl halides is 8. The van der Waals surface area contributed by atoms with Gasteiger partial charge in [-0.2, -0.15) is 13.2 Å². The van der Waals surface area contributed by atoms with Crippen molar-refractivity contribution in [3.63, 3.8) is 0 Å². The van der Waals surface area contributed by atoms with Crippen LogP contribution >= 0.6 is 0 Å². The van der Waals surface area contributed by atoms with E-state index in [9.17, 15) is 35.1 Å². The summed E-state index contributed by atoms with van der Waals surface area (Å²) in [5.74, 6) is -2.95. The van der Waals surface area contributed by atoms with E-state index in [0.717, 1.165) is 0 Å². The first-order valence-corrected chi connectivity index (χ1v) is 4.65. The summed E-state index contributed by atoms with van der Waals surface area (Å²) < 4.78 is 106. The standard InChI is InChI=1S/C9H5F8NO2/c1-19-5-3(6(10)11)2-4(8(12,13)14)18-7(5)20-9(15,16)17/h2,6H,1H3. The fourth-order valence-electron chi connectivity index (χ4n) is 1.22. The van der Waals surface area contributed by atoms with Crippen LogP contribution in [0.4, 0.5) is 35.1 Å². The zero-order chi connectivity index (χ0) is 15.7. The molecule has 114 valence electrons.